The van der Waals surface area contributed by atoms with Crippen LogP contribution in [0.5, 0.6) is 0 Å². The molecule has 0 aromatic carbocycles. The summed E-state index contributed by atoms with van der Waals surface area (Å²) in [7, 11) is 0. The van der Waals surface area contributed by atoms with Gasteiger partial charge in [-0.15, -0.1) is 0 Å². The van der Waals surface area contributed by atoms with Crippen LogP contribution in [0.1, 0.15) is 20.3 Å². The first-order valence-electron chi connectivity index (χ1n) is 3.01. The van der Waals surface area contributed by atoms with E-state index in [2.05, 4.69) is 6.58 Å². The molecule has 10 heavy (non-hydrogen) atoms. The number of carbonyl (C=O) groups is 1. The molecule has 0 spiro atoms. The molecule has 0 rings (SSSR count). The van der Waals surface area contributed by atoms with Crippen molar-refractivity contribution in [1.29, 1.82) is 0 Å². The van der Waals surface area contributed by atoms with Gasteiger partial charge in [0.2, 0.25) is 0 Å². The van der Waals surface area contributed by atoms with Crippen molar-refractivity contribution < 1.29 is 9.53 Å². The summed E-state index contributed by atoms with van der Waals surface area (Å²) >= 11 is 0. The molecule has 0 aromatic rings. The van der Waals surface area contributed by atoms with E-state index in [9.17, 15) is 4.79 Å². The van der Waals surface area contributed by atoms with Gasteiger partial charge in [0.15, 0.2) is 0 Å². The molecule has 0 aliphatic rings. The maximum Gasteiger partial charge on any atom is 0.333 e. The minimum Gasteiger partial charge on any atom is -0.462 e. The quantitative estimate of drug-likeness (QED) is 0.358. The normalized spacial score (nSPS) is 7.80. The van der Waals surface area contributed by atoms with E-state index in [1.165, 1.54) is 0 Å². The van der Waals surface area contributed by atoms with Crippen LogP contribution < -0.4 is 0 Å². The van der Waals surface area contributed by atoms with E-state index in [0.29, 0.717) is 12.2 Å². The standard InChI is InChI=1S/C7H12O2.K/c1-4-5-9-7(8)6(2)3;/h2,4-5H2,1,3H3;. The van der Waals surface area contributed by atoms with Crippen LogP contribution in [-0.4, -0.2) is 64.0 Å². The molecule has 0 aliphatic carbocycles. The predicted octanol–water partition coefficient (Wildman–Crippen LogP) is 1.13. The van der Waals surface area contributed by atoms with Gasteiger partial charge in [-0.25, -0.2) is 4.79 Å². The van der Waals surface area contributed by atoms with Crippen molar-refractivity contribution in [3.63, 3.8) is 0 Å². The fourth-order valence-electron chi connectivity index (χ4n) is 0.318. The molecular weight excluding hydrogens is 155 g/mol. The van der Waals surface area contributed by atoms with Gasteiger partial charge in [-0.2, -0.15) is 0 Å². The van der Waals surface area contributed by atoms with Crippen molar-refractivity contribution in [3.05, 3.63) is 12.2 Å². The second-order valence-electron chi connectivity index (χ2n) is 1.92. The summed E-state index contributed by atoms with van der Waals surface area (Å²) in [6.45, 7) is 7.51. The zero-order chi connectivity index (χ0) is 7.28. The van der Waals surface area contributed by atoms with E-state index in [0.717, 1.165) is 6.42 Å². The number of carbonyl (C=O) groups excluding carboxylic acids is 1. The van der Waals surface area contributed by atoms with Crippen molar-refractivity contribution in [2.24, 2.45) is 0 Å². The molecule has 0 aliphatic heterocycles. The largest absolute Gasteiger partial charge is 0.462 e. The van der Waals surface area contributed by atoms with Crippen LogP contribution in [0, 0.1) is 0 Å². The van der Waals surface area contributed by atoms with Gasteiger partial charge < -0.3 is 4.74 Å². The van der Waals surface area contributed by atoms with Crippen LogP contribution in [0.2, 0.25) is 0 Å². The van der Waals surface area contributed by atoms with Crippen LogP contribution in [0.4, 0.5) is 0 Å². The summed E-state index contributed by atoms with van der Waals surface area (Å²) in [5.74, 6) is -0.295. The van der Waals surface area contributed by atoms with Gasteiger partial charge in [0.1, 0.15) is 0 Å². The fraction of sp³-hybridized carbons (Fsp3) is 0.571. The second-order valence-corrected chi connectivity index (χ2v) is 1.92. The Labute approximate surface area is 104 Å². The van der Waals surface area contributed by atoms with E-state index >= 15 is 0 Å². The molecule has 0 amide bonds. The zero-order valence-corrected chi connectivity index (χ0v) is 10.1. The van der Waals surface area contributed by atoms with Crippen molar-refractivity contribution in [2.75, 3.05) is 6.61 Å². The Morgan fingerprint density at radius 1 is 1.60 bits per heavy atom. The molecule has 0 saturated carbocycles. The smallest absolute Gasteiger partial charge is 0.333 e. The van der Waals surface area contributed by atoms with Gasteiger partial charge >= 0.3 is 5.97 Å². The fourth-order valence-corrected chi connectivity index (χ4v) is 0.318. The van der Waals surface area contributed by atoms with Gasteiger partial charge in [0.25, 0.3) is 0 Å². The van der Waals surface area contributed by atoms with E-state index in [4.69, 9.17) is 4.74 Å². The van der Waals surface area contributed by atoms with Crippen LogP contribution in [0.3, 0.4) is 0 Å². The average Bonchev–Trinajstić information content (AvgIpc) is 1.82. The molecule has 3 heteroatoms. The topological polar surface area (TPSA) is 26.3 Å². The van der Waals surface area contributed by atoms with Crippen LogP contribution >= 0.6 is 0 Å². The third-order valence-electron chi connectivity index (χ3n) is 0.786. The number of rotatable bonds is 3. The minimum atomic E-state index is -0.295. The first kappa shape index (κ1) is 13.4. The third-order valence-corrected chi connectivity index (χ3v) is 0.786. The molecule has 53 valence electrons. The molecule has 0 N–H and O–H groups in total. The number of hydrogen-bond acceptors (Lipinski definition) is 2. The predicted molar refractivity (Wildman–Crippen MR) is 41.8 cm³/mol. The van der Waals surface area contributed by atoms with Crippen LogP contribution in [0.15, 0.2) is 12.2 Å². The van der Waals surface area contributed by atoms with Crippen LogP contribution in [-0.2, 0) is 9.53 Å². The molecule has 1 radical (unpaired) electrons. The Morgan fingerprint density at radius 2 is 2.10 bits per heavy atom. The Morgan fingerprint density at radius 3 is 2.40 bits per heavy atom. The maximum absolute atomic E-state index is 10.6. The van der Waals surface area contributed by atoms with Crippen molar-refractivity contribution in [2.45, 2.75) is 20.3 Å². The monoisotopic (exact) mass is 167 g/mol. The van der Waals surface area contributed by atoms with Crippen molar-refractivity contribution in [3.8, 4) is 0 Å². The Hall–Kier alpha value is 0.846. The van der Waals surface area contributed by atoms with E-state index in [-0.39, 0.29) is 57.4 Å². The molecule has 0 aromatic heterocycles. The molecule has 0 heterocycles. The first-order chi connectivity index (χ1) is 4.18. The average molecular weight is 167 g/mol. The van der Waals surface area contributed by atoms with Gasteiger partial charge in [0.05, 0.1) is 6.61 Å². The summed E-state index contributed by atoms with van der Waals surface area (Å²) in [5.41, 5.74) is 0.462. The van der Waals surface area contributed by atoms with E-state index in [1.807, 2.05) is 6.92 Å². The van der Waals surface area contributed by atoms with Gasteiger partial charge in [-0.1, -0.05) is 13.5 Å². The number of ether oxygens (including phenoxy) is 1. The van der Waals surface area contributed by atoms with E-state index in [1.54, 1.807) is 6.92 Å². The van der Waals surface area contributed by atoms with Crippen molar-refractivity contribution in [1.82, 2.24) is 0 Å². The molecule has 0 atom stereocenters. The second kappa shape index (κ2) is 7.95. The summed E-state index contributed by atoms with van der Waals surface area (Å²) in [4.78, 5) is 10.6. The molecular formula is C7H12KO2. The SMILES string of the molecule is C=C(C)C(=O)OCCC.[K]. The van der Waals surface area contributed by atoms with Crippen molar-refractivity contribution >= 4 is 57.4 Å². The Bertz CT molecular complexity index is 121. The summed E-state index contributed by atoms with van der Waals surface area (Å²) < 4.78 is 4.71. The maximum atomic E-state index is 10.6. The van der Waals surface area contributed by atoms with Gasteiger partial charge in [-0.3, -0.25) is 0 Å². The summed E-state index contributed by atoms with van der Waals surface area (Å²) in [6.07, 6.45) is 0.860. The summed E-state index contributed by atoms with van der Waals surface area (Å²) in [6, 6.07) is 0. The molecule has 0 bridgehead atoms. The zero-order valence-electron chi connectivity index (χ0n) is 6.94. The molecule has 0 unspecified atom stereocenters. The Balaban J connectivity index is 0. The Kier molecular flexibility index (Phi) is 10.7. The molecule has 0 fully saturated rings. The molecule has 0 saturated heterocycles. The summed E-state index contributed by atoms with van der Waals surface area (Å²) in [5, 5.41) is 0. The van der Waals surface area contributed by atoms with E-state index < -0.39 is 0 Å². The van der Waals surface area contributed by atoms with Gasteiger partial charge in [-0.05, 0) is 13.3 Å². The van der Waals surface area contributed by atoms with Crippen LogP contribution in [0.25, 0.3) is 0 Å². The third kappa shape index (κ3) is 6.96. The number of esters is 1. The van der Waals surface area contributed by atoms with Gasteiger partial charge in [0, 0.05) is 57.0 Å². The minimum absolute atomic E-state index is 0. The number of hydrogen-bond donors (Lipinski definition) is 0. The first-order valence-corrected chi connectivity index (χ1v) is 3.01. The molecule has 2 nitrogen and oxygen atoms in total.